The molecule has 0 bridgehead atoms. The minimum absolute atomic E-state index is 0.00796. The molecule has 0 atom stereocenters. The summed E-state index contributed by atoms with van der Waals surface area (Å²) in [6.45, 7) is 6.25. The molecule has 0 aromatic heterocycles. The highest BCUT2D eigenvalue weighted by Crippen LogP contribution is 2.22. The summed E-state index contributed by atoms with van der Waals surface area (Å²) in [5.74, 6) is -1.89. The molecule has 1 amide bonds. The van der Waals surface area contributed by atoms with Gasteiger partial charge in [0.05, 0.1) is 5.69 Å². The van der Waals surface area contributed by atoms with E-state index in [-0.39, 0.29) is 16.2 Å². The van der Waals surface area contributed by atoms with Crippen molar-refractivity contribution in [2.45, 2.75) is 26.2 Å². The van der Waals surface area contributed by atoms with E-state index >= 15 is 0 Å². The predicted octanol–water partition coefficient (Wildman–Crippen LogP) is 4.39. The van der Waals surface area contributed by atoms with Crippen molar-refractivity contribution in [2.75, 3.05) is 5.32 Å². The Labute approximate surface area is 145 Å². The Morgan fingerprint density at radius 1 is 1.04 bits per heavy atom. The fraction of sp³-hybridized carbons (Fsp3) is 0.222. The Balaban J connectivity index is 2.02. The second-order valence-corrected chi connectivity index (χ2v) is 6.77. The second kappa shape index (κ2) is 7.05. The summed E-state index contributed by atoms with van der Waals surface area (Å²) in [4.78, 5) is 12.2. The first-order valence-electron chi connectivity index (χ1n) is 7.35. The third-order valence-electron chi connectivity index (χ3n) is 3.42. The maximum Gasteiger partial charge on any atom is 0.257 e. The van der Waals surface area contributed by atoms with Gasteiger partial charge < -0.3 is 5.32 Å². The topological polar surface area (TPSA) is 41.1 Å². The van der Waals surface area contributed by atoms with Crippen LogP contribution in [0.4, 0.5) is 14.5 Å². The summed E-state index contributed by atoms with van der Waals surface area (Å²) in [7, 11) is 0. The van der Waals surface area contributed by atoms with Crippen LogP contribution in [0.25, 0.3) is 0 Å². The smallest absolute Gasteiger partial charge is 0.257 e. The summed E-state index contributed by atoms with van der Waals surface area (Å²) in [6, 6.07) is 10.2. The Bertz CT molecular complexity index is 768. The number of amides is 1. The number of hydrogen-bond donors (Lipinski definition) is 2. The first-order valence-corrected chi connectivity index (χ1v) is 7.75. The van der Waals surface area contributed by atoms with Crippen molar-refractivity contribution in [3.8, 4) is 0 Å². The van der Waals surface area contributed by atoms with E-state index in [0.717, 1.165) is 17.7 Å². The monoisotopic (exact) mass is 348 g/mol. The van der Waals surface area contributed by atoms with Crippen LogP contribution < -0.4 is 10.6 Å². The van der Waals surface area contributed by atoms with Gasteiger partial charge >= 0.3 is 0 Å². The molecule has 0 heterocycles. The molecule has 0 aliphatic rings. The lowest BCUT2D eigenvalue weighted by atomic mass is 9.87. The third-order valence-corrected chi connectivity index (χ3v) is 3.62. The zero-order valence-electron chi connectivity index (χ0n) is 13.6. The molecule has 126 valence electrons. The van der Waals surface area contributed by atoms with E-state index in [0.29, 0.717) is 5.56 Å². The molecule has 2 aromatic carbocycles. The van der Waals surface area contributed by atoms with Gasteiger partial charge in [0.25, 0.3) is 5.91 Å². The number of rotatable bonds is 2. The summed E-state index contributed by atoms with van der Waals surface area (Å²) < 4.78 is 26.4. The van der Waals surface area contributed by atoms with Gasteiger partial charge in [-0.25, -0.2) is 8.78 Å². The lowest BCUT2D eigenvalue weighted by Crippen LogP contribution is -2.34. The van der Waals surface area contributed by atoms with E-state index < -0.39 is 17.5 Å². The highest BCUT2D eigenvalue weighted by molar-refractivity contribution is 7.80. The van der Waals surface area contributed by atoms with Gasteiger partial charge in [-0.3, -0.25) is 10.1 Å². The molecule has 3 nitrogen and oxygen atoms in total. The molecular weight excluding hydrogens is 330 g/mol. The normalized spacial score (nSPS) is 11.0. The Morgan fingerprint density at radius 2 is 1.67 bits per heavy atom. The second-order valence-electron chi connectivity index (χ2n) is 6.36. The van der Waals surface area contributed by atoms with E-state index in [1.165, 1.54) is 6.07 Å². The molecule has 0 fully saturated rings. The van der Waals surface area contributed by atoms with Crippen LogP contribution in [-0.4, -0.2) is 11.0 Å². The number of carbonyl (C=O) groups excluding carboxylic acids is 1. The molecule has 0 unspecified atom stereocenters. The molecule has 0 saturated heterocycles. The van der Waals surface area contributed by atoms with Gasteiger partial charge in [-0.05, 0) is 47.5 Å². The van der Waals surface area contributed by atoms with Gasteiger partial charge in [0.2, 0.25) is 0 Å². The van der Waals surface area contributed by atoms with Crippen LogP contribution >= 0.6 is 12.2 Å². The quantitative estimate of drug-likeness (QED) is 0.791. The fourth-order valence-corrected chi connectivity index (χ4v) is 2.24. The lowest BCUT2D eigenvalue weighted by molar-refractivity contribution is 0.0977. The van der Waals surface area contributed by atoms with E-state index in [9.17, 15) is 13.6 Å². The van der Waals surface area contributed by atoms with Gasteiger partial charge in [-0.1, -0.05) is 32.9 Å². The van der Waals surface area contributed by atoms with Gasteiger partial charge in [-0.2, -0.15) is 0 Å². The number of halogens is 2. The van der Waals surface area contributed by atoms with E-state index in [2.05, 4.69) is 31.4 Å². The molecule has 2 aromatic rings. The SMILES string of the molecule is CC(C)(C)c1ccc(C(=O)NC(=S)Nc2ccc(F)cc2F)cc1. The third kappa shape index (κ3) is 4.58. The largest absolute Gasteiger partial charge is 0.330 e. The number of thiocarbonyl (C=S) groups is 1. The van der Waals surface area contributed by atoms with Crippen molar-refractivity contribution < 1.29 is 13.6 Å². The van der Waals surface area contributed by atoms with Gasteiger partial charge in [0, 0.05) is 11.6 Å². The molecule has 0 aliphatic heterocycles. The van der Waals surface area contributed by atoms with E-state index in [1.807, 2.05) is 12.1 Å². The van der Waals surface area contributed by atoms with Gasteiger partial charge in [0.1, 0.15) is 11.6 Å². The van der Waals surface area contributed by atoms with Crippen molar-refractivity contribution in [1.29, 1.82) is 0 Å². The van der Waals surface area contributed by atoms with Crippen LogP contribution in [0.1, 0.15) is 36.7 Å². The molecule has 0 radical (unpaired) electrons. The lowest BCUT2D eigenvalue weighted by Gasteiger charge is -2.19. The molecule has 2 N–H and O–H groups in total. The standard InChI is InChI=1S/C18H18F2N2OS/c1-18(2,3)12-6-4-11(5-7-12)16(23)22-17(24)21-15-9-8-13(19)10-14(15)20/h4-10H,1-3H3,(H2,21,22,23,24). The van der Waals surface area contributed by atoms with Crippen LogP contribution in [-0.2, 0) is 5.41 Å². The van der Waals surface area contributed by atoms with Crippen LogP contribution in [0.5, 0.6) is 0 Å². The maximum atomic E-state index is 13.6. The van der Waals surface area contributed by atoms with Crippen LogP contribution in [0.2, 0.25) is 0 Å². The Kier molecular flexibility index (Phi) is 5.29. The number of nitrogens with one attached hydrogen (secondary N) is 2. The van der Waals surface area contributed by atoms with Crippen molar-refractivity contribution in [3.63, 3.8) is 0 Å². The minimum atomic E-state index is -0.791. The number of benzene rings is 2. The van der Waals surface area contributed by atoms with Gasteiger partial charge in [-0.15, -0.1) is 0 Å². The summed E-state index contributed by atoms with van der Waals surface area (Å²) in [6.07, 6.45) is 0. The van der Waals surface area contributed by atoms with E-state index in [4.69, 9.17) is 12.2 Å². The molecule has 0 spiro atoms. The average Bonchev–Trinajstić information content (AvgIpc) is 2.49. The van der Waals surface area contributed by atoms with Gasteiger partial charge in [0.15, 0.2) is 5.11 Å². The highest BCUT2D eigenvalue weighted by atomic mass is 32.1. The predicted molar refractivity (Wildman–Crippen MR) is 95.2 cm³/mol. The van der Waals surface area contributed by atoms with E-state index in [1.54, 1.807) is 12.1 Å². The Morgan fingerprint density at radius 3 is 2.21 bits per heavy atom. The fourth-order valence-electron chi connectivity index (χ4n) is 2.04. The number of carbonyl (C=O) groups is 1. The van der Waals surface area contributed by atoms with Crippen LogP contribution in [0, 0.1) is 11.6 Å². The Hall–Kier alpha value is -2.34. The minimum Gasteiger partial charge on any atom is -0.330 e. The average molecular weight is 348 g/mol. The first kappa shape index (κ1) is 18.0. The number of hydrogen-bond acceptors (Lipinski definition) is 2. The number of anilines is 1. The molecule has 24 heavy (non-hydrogen) atoms. The summed E-state index contributed by atoms with van der Waals surface area (Å²) >= 11 is 4.99. The van der Waals surface area contributed by atoms with Crippen LogP contribution in [0.15, 0.2) is 42.5 Å². The highest BCUT2D eigenvalue weighted by Gasteiger charge is 2.15. The molecular formula is C18H18F2N2OS. The maximum absolute atomic E-state index is 13.6. The molecule has 2 rings (SSSR count). The molecule has 0 saturated carbocycles. The first-order chi connectivity index (χ1) is 11.2. The molecule has 6 heteroatoms. The zero-order chi connectivity index (χ0) is 17.9. The van der Waals surface area contributed by atoms with Crippen molar-refractivity contribution in [3.05, 3.63) is 65.2 Å². The zero-order valence-corrected chi connectivity index (χ0v) is 14.4. The van der Waals surface area contributed by atoms with Crippen LogP contribution in [0.3, 0.4) is 0 Å². The van der Waals surface area contributed by atoms with Crippen molar-refractivity contribution in [2.24, 2.45) is 0 Å². The van der Waals surface area contributed by atoms with Crippen molar-refractivity contribution >= 4 is 28.9 Å². The molecule has 0 aliphatic carbocycles. The van der Waals surface area contributed by atoms with Crippen molar-refractivity contribution in [1.82, 2.24) is 5.32 Å². The summed E-state index contributed by atoms with van der Waals surface area (Å²) in [5.41, 5.74) is 1.52. The summed E-state index contributed by atoms with van der Waals surface area (Å²) in [5, 5.41) is 4.93.